The molecule has 21 heavy (non-hydrogen) atoms. The molecule has 0 spiro atoms. The molecular formula is C14H16ClN3O2S. The van der Waals surface area contributed by atoms with E-state index in [1.165, 1.54) is 12.1 Å². The van der Waals surface area contributed by atoms with Crippen LogP contribution < -0.4 is 10.5 Å². The fourth-order valence-corrected chi connectivity index (χ4v) is 3.70. The first-order chi connectivity index (χ1) is 9.81. The number of nitrogen functional groups attached to an aromatic ring is 1. The van der Waals surface area contributed by atoms with E-state index in [0.29, 0.717) is 11.4 Å². The van der Waals surface area contributed by atoms with Crippen molar-refractivity contribution < 1.29 is 8.42 Å². The van der Waals surface area contributed by atoms with Crippen LogP contribution in [0.15, 0.2) is 41.4 Å². The Hall–Kier alpha value is -1.63. The number of hydrogen-bond donors (Lipinski definition) is 2. The number of aromatic nitrogens is 1. The number of hydrogen-bond acceptors (Lipinski definition) is 4. The van der Waals surface area contributed by atoms with Crippen LogP contribution in [0, 0.1) is 6.92 Å². The molecule has 1 atom stereocenters. The minimum Gasteiger partial charge on any atom is -0.398 e. The van der Waals surface area contributed by atoms with Gasteiger partial charge in [0.1, 0.15) is 4.90 Å². The van der Waals surface area contributed by atoms with Crippen LogP contribution in [0.1, 0.15) is 24.2 Å². The minimum absolute atomic E-state index is 0.0324. The summed E-state index contributed by atoms with van der Waals surface area (Å²) in [6.45, 7) is 3.48. The SMILES string of the molecule is Cc1cc(Cl)c(S(=O)(=O)NC(C)c2ccccn2)cc1N. The lowest BCUT2D eigenvalue weighted by Crippen LogP contribution is -2.27. The second-order valence-corrected chi connectivity index (χ2v) is 6.83. The number of anilines is 1. The molecule has 0 bridgehead atoms. The van der Waals surface area contributed by atoms with Gasteiger partial charge in [0, 0.05) is 11.9 Å². The quantitative estimate of drug-likeness (QED) is 0.846. The van der Waals surface area contributed by atoms with E-state index in [-0.39, 0.29) is 9.92 Å². The zero-order valence-corrected chi connectivity index (χ0v) is 13.2. The molecule has 0 aliphatic heterocycles. The third-order valence-electron chi connectivity index (χ3n) is 3.07. The van der Waals surface area contributed by atoms with Crippen molar-refractivity contribution in [3.8, 4) is 0 Å². The Morgan fingerprint density at radius 1 is 1.33 bits per heavy atom. The molecule has 0 saturated carbocycles. The van der Waals surface area contributed by atoms with Crippen molar-refractivity contribution in [1.29, 1.82) is 0 Å². The summed E-state index contributed by atoms with van der Waals surface area (Å²) < 4.78 is 27.4. The van der Waals surface area contributed by atoms with E-state index >= 15 is 0 Å². The summed E-state index contributed by atoms with van der Waals surface area (Å²) in [6.07, 6.45) is 1.61. The van der Waals surface area contributed by atoms with E-state index in [9.17, 15) is 8.42 Å². The molecule has 3 N–H and O–H groups in total. The lowest BCUT2D eigenvalue weighted by Gasteiger charge is -2.15. The summed E-state index contributed by atoms with van der Waals surface area (Å²) in [6, 6.07) is 7.74. The van der Waals surface area contributed by atoms with Crippen molar-refractivity contribution in [2.45, 2.75) is 24.8 Å². The van der Waals surface area contributed by atoms with Crippen molar-refractivity contribution in [2.24, 2.45) is 0 Å². The summed E-state index contributed by atoms with van der Waals surface area (Å²) in [5.41, 5.74) is 7.50. The average molecular weight is 326 g/mol. The Kier molecular flexibility index (Phi) is 4.51. The second-order valence-electron chi connectivity index (χ2n) is 4.74. The molecule has 112 valence electrons. The van der Waals surface area contributed by atoms with Gasteiger partial charge in [-0.2, -0.15) is 0 Å². The van der Waals surface area contributed by atoms with Crippen LogP contribution in [-0.2, 0) is 10.0 Å². The number of nitrogens with two attached hydrogens (primary N) is 1. The highest BCUT2D eigenvalue weighted by molar-refractivity contribution is 7.89. The van der Waals surface area contributed by atoms with Crippen LogP contribution in [-0.4, -0.2) is 13.4 Å². The molecule has 1 unspecified atom stereocenters. The van der Waals surface area contributed by atoms with Crippen molar-refractivity contribution in [3.63, 3.8) is 0 Å². The number of aryl methyl sites for hydroxylation is 1. The van der Waals surface area contributed by atoms with Crippen LogP contribution >= 0.6 is 11.6 Å². The van der Waals surface area contributed by atoms with Gasteiger partial charge in [-0.05, 0) is 43.7 Å². The first-order valence-electron chi connectivity index (χ1n) is 6.30. The van der Waals surface area contributed by atoms with Gasteiger partial charge in [-0.3, -0.25) is 4.98 Å². The monoisotopic (exact) mass is 325 g/mol. The van der Waals surface area contributed by atoms with Crippen molar-refractivity contribution in [3.05, 3.63) is 52.8 Å². The molecule has 0 saturated heterocycles. The van der Waals surface area contributed by atoms with Gasteiger partial charge in [0.2, 0.25) is 10.0 Å². The number of nitrogens with one attached hydrogen (secondary N) is 1. The third-order valence-corrected chi connectivity index (χ3v) is 5.08. The highest BCUT2D eigenvalue weighted by Crippen LogP contribution is 2.27. The first-order valence-corrected chi connectivity index (χ1v) is 8.16. The molecule has 0 radical (unpaired) electrons. The highest BCUT2D eigenvalue weighted by atomic mass is 35.5. The Morgan fingerprint density at radius 2 is 2.05 bits per heavy atom. The topological polar surface area (TPSA) is 85.1 Å². The maximum atomic E-state index is 12.4. The van der Waals surface area contributed by atoms with Gasteiger partial charge in [-0.1, -0.05) is 17.7 Å². The zero-order valence-electron chi connectivity index (χ0n) is 11.7. The number of rotatable bonds is 4. The highest BCUT2D eigenvalue weighted by Gasteiger charge is 2.22. The van der Waals surface area contributed by atoms with Gasteiger partial charge in [0.25, 0.3) is 0 Å². The van der Waals surface area contributed by atoms with Gasteiger partial charge in [0.15, 0.2) is 0 Å². The Labute approximate surface area is 129 Å². The molecule has 1 aromatic carbocycles. The number of nitrogens with zero attached hydrogens (tertiary/aromatic N) is 1. The standard InChI is InChI=1S/C14H16ClN3O2S/c1-9-7-11(15)14(8-12(9)16)21(19,20)18-10(2)13-5-3-4-6-17-13/h3-8,10,18H,16H2,1-2H3. The van der Waals surface area contributed by atoms with E-state index in [2.05, 4.69) is 9.71 Å². The van der Waals surface area contributed by atoms with Crippen molar-refractivity contribution >= 4 is 27.3 Å². The lowest BCUT2D eigenvalue weighted by atomic mass is 10.2. The number of halogens is 1. The van der Waals surface area contributed by atoms with Crippen LogP contribution in [0.25, 0.3) is 0 Å². The van der Waals surface area contributed by atoms with Crippen molar-refractivity contribution in [1.82, 2.24) is 9.71 Å². The van der Waals surface area contributed by atoms with Crippen LogP contribution in [0.4, 0.5) is 5.69 Å². The Balaban J connectivity index is 2.33. The molecule has 2 aromatic rings. The third kappa shape index (κ3) is 3.53. The number of pyridine rings is 1. The maximum Gasteiger partial charge on any atom is 0.242 e. The fourth-order valence-electron chi connectivity index (χ4n) is 1.86. The molecule has 2 rings (SSSR count). The summed E-state index contributed by atoms with van der Waals surface area (Å²) in [5.74, 6) is 0. The Bertz CT molecular complexity index is 748. The molecule has 0 aliphatic rings. The summed E-state index contributed by atoms with van der Waals surface area (Å²) in [5, 5.41) is 0.141. The van der Waals surface area contributed by atoms with Gasteiger partial charge < -0.3 is 5.73 Å². The smallest absolute Gasteiger partial charge is 0.242 e. The van der Waals surface area contributed by atoms with E-state index in [4.69, 9.17) is 17.3 Å². The fraction of sp³-hybridized carbons (Fsp3) is 0.214. The van der Waals surface area contributed by atoms with E-state index in [1.807, 2.05) is 0 Å². The van der Waals surface area contributed by atoms with E-state index in [1.54, 1.807) is 38.2 Å². The first kappa shape index (κ1) is 15.8. The maximum absolute atomic E-state index is 12.4. The molecule has 5 nitrogen and oxygen atoms in total. The van der Waals surface area contributed by atoms with Gasteiger partial charge in [0.05, 0.1) is 16.8 Å². The lowest BCUT2D eigenvalue weighted by molar-refractivity contribution is 0.564. The van der Waals surface area contributed by atoms with Crippen molar-refractivity contribution in [2.75, 3.05) is 5.73 Å². The summed E-state index contributed by atoms with van der Waals surface area (Å²) in [4.78, 5) is 4.09. The summed E-state index contributed by atoms with van der Waals surface area (Å²) >= 11 is 6.03. The van der Waals surface area contributed by atoms with Gasteiger partial charge in [-0.15, -0.1) is 0 Å². The molecule has 7 heteroatoms. The minimum atomic E-state index is -3.78. The molecule has 0 aliphatic carbocycles. The van der Waals surface area contributed by atoms with Crippen LogP contribution in [0.3, 0.4) is 0 Å². The van der Waals surface area contributed by atoms with E-state index in [0.717, 1.165) is 5.56 Å². The van der Waals surface area contributed by atoms with E-state index < -0.39 is 16.1 Å². The predicted octanol–water partition coefficient (Wildman–Crippen LogP) is 2.67. The molecular weight excluding hydrogens is 310 g/mol. The van der Waals surface area contributed by atoms with Crippen LogP contribution in [0.2, 0.25) is 5.02 Å². The zero-order chi connectivity index (χ0) is 15.6. The van der Waals surface area contributed by atoms with Gasteiger partial charge >= 0.3 is 0 Å². The molecule has 1 heterocycles. The Morgan fingerprint density at radius 3 is 2.67 bits per heavy atom. The second kappa shape index (κ2) is 6.01. The predicted molar refractivity (Wildman–Crippen MR) is 83.6 cm³/mol. The number of benzene rings is 1. The largest absolute Gasteiger partial charge is 0.398 e. The molecule has 0 fully saturated rings. The summed E-state index contributed by atoms with van der Waals surface area (Å²) in [7, 11) is -3.78. The van der Waals surface area contributed by atoms with Crippen LogP contribution in [0.5, 0.6) is 0 Å². The van der Waals surface area contributed by atoms with Gasteiger partial charge in [-0.25, -0.2) is 13.1 Å². The normalized spacial score (nSPS) is 13.1. The number of sulfonamides is 1. The average Bonchev–Trinajstić information content (AvgIpc) is 2.43. The molecule has 0 amide bonds. The molecule has 1 aromatic heterocycles.